The van der Waals surface area contributed by atoms with Crippen LogP contribution in [0.4, 0.5) is 10.1 Å². The Morgan fingerprint density at radius 3 is 2.24 bits per heavy atom. The highest BCUT2D eigenvalue weighted by Gasteiger charge is 2.05. The van der Waals surface area contributed by atoms with Gasteiger partial charge in [-0.2, -0.15) is 0 Å². The van der Waals surface area contributed by atoms with Crippen molar-refractivity contribution in [1.29, 1.82) is 0 Å². The van der Waals surface area contributed by atoms with Crippen LogP contribution in [0.3, 0.4) is 0 Å². The van der Waals surface area contributed by atoms with Crippen molar-refractivity contribution in [3.05, 3.63) is 75.6 Å². The molecule has 156 valence electrons. The van der Waals surface area contributed by atoms with E-state index in [9.17, 15) is 22.9 Å². The molecule has 0 spiro atoms. The predicted molar refractivity (Wildman–Crippen MR) is 108 cm³/mol. The van der Waals surface area contributed by atoms with Crippen molar-refractivity contribution in [2.24, 2.45) is 4.99 Å². The standard InChI is InChI=1S/C18H22FN5O4S/c1-29(27,28)23-11-10-20-18(21-12-14-2-6-16(19)7-3-14)22-13-15-4-8-17(9-5-15)24(25)26/h2-9,23H,10-13H2,1H3,(H2,20,21,22). The van der Waals surface area contributed by atoms with Crippen LogP contribution in [0.25, 0.3) is 0 Å². The minimum absolute atomic E-state index is 0.00363. The van der Waals surface area contributed by atoms with E-state index in [1.165, 1.54) is 24.3 Å². The highest BCUT2D eigenvalue weighted by atomic mass is 32.2. The van der Waals surface area contributed by atoms with Crippen LogP contribution >= 0.6 is 0 Å². The van der Waals surface area contributed by atoms with E-state index in [0.29, 0.717) is 19.0 Å². The fourth-order valence-corrected chi connectivity index (χ4v) is 2.75. The molecule has 0 bridgehead atoms. The first kappa shape index (κ1) is 22.2. The Hall–Kier alpha value is -3.05. The molecule has 0 unspecified atom stereocenters. The minimum Gasteiger partial charge on any atom is -0.355 e. The molecule has 0 aliphatic heterocycles. The number of aliphatic imine (C=N–C) groups is 1. The van der Waals surface area contributed by atoms with E-state index in [1.54, 1.807) is 24.3 Å². The number of hydrogen-bond donors (Lipinski definition) is 3. The van der Waals surface area contributed by atoms with Crippen molar-refractivity contribution in [3.63, 3.8) is 0 Å². The quantitative estimate of drug-likeness (QED) is 0.185. The van der Waals surface area contributed by atoms with Gasteiger partial charge in [-0.1, -0.05) is 24.3 Å². The zero-order chi connectivity index (χ0) is 21.3. The Bertz CT molecular complexity index is 947. The smallest absolute Gasteiger partial charge is 0.269 e. The molecule has 0 saturated heterocycles. The Morgan fingerprint density at radius 1 is 1.03 bits per heavy atom. The van der Waals surface area contributed by atoms with E-state index in [-0.39, 0.29) is 24.6 Å². The number of nitrogens with zero attached hydrogens (tertiary/aromatic N) is 2. The van der Waals surface area contributed by atoms with Gasteiger partial charge < -0.3 is 10.6 Å². The number of non-ortho nitro benzene ring substituents is 1. The molecular formula is C18H22FN5O4S. The van der Waals surface area contributed by atoms with E-state index in [1.807, 2.05) is 0 Å². The number of guanidine groups is 1. The Balaban J connectivity index is 1.99. The molecule has 0 aromatic heterocycles. The molecule has 3 N–H and O–H groups in total. The van der Waals surface area contributed by atoms with Crippen LogP contribution < -0.4 is 15.4 Å². The highest BCUT2D eigenvalue weighted by molar-refractivity contribution is 7.88. The molecule has 0 saturated carbocycles. The number of hydrogen-bond acceptors (Lipinski definition) is 5. The first-order valence-corrected chi connectivity index (χ1v) is 10.6. The molecule has 0 aliphatic carbocycles. The lowest BCUT2D eigenvalue weighted by Crippen LogP contribution is -2.41. The van der Waals surface area contributed by atoms with Crippen molar-refractivity contribution in [2.45, 2.75) is 13.1 Å². The number of halogens is 1. The molecule has 2 rings (SSSR count). The highest BCUT2D eigenvalue weighted by Crippen LogP contribution is 2.11. The largest absolute Gasteiger partial charge is 0.355 e. The maximum atomic E-state index is 13.0. The van der Waals surface area contributed by atoms with Crippen LogP contribution in [0.5, 0.6) is 0 Å². The molecule has 0 aliphatic rings. The van der Waals surface area contributed by atoms with E-state index >= 15 is 0 Å². The van der Waals surface area contributed by atoms with E-state index < -0.39 is 14.9 Å². The fourth-order valence-electron chi connectivity index (χ4n) is 2.27. The van der Waals surface area contributed by atoms with Crippen LogP contribution in [0.1, 0.15) is 11.1 Å². The number of nitro benzene ring substituents is 1. The summed E-state index contributed by atoms with van der Waals surface area (Å²) in [5.41, 5.74) is 1.61. The summed E-state index contributed by atoms with van der Waals surface area (Å²) in [7, 11) is -3.29. The van der Waals surface area contributed by atoms with Crippen molar-refractivity contribution in [3.8, 4) is 0 Å². The van der Waals surface area contributed by atoms with Crippen molar-refractivity contribution < 1.29 is 17.7 Å². The molecule has 2 aromatic rings. The lowest BCUT2D eigenvalue weighted by molar-refractivity contribution is -0.384. The number of rotatable bonds is 9. The second-order valence-electron chi connectivity index (χ2n) is 6.16. The molecule has 9 nitrogen and oxygen atoms in total. The molecule has 11 heteroatoms. The molecule has 0 fully saturated rings. The topological polar surface area (TPSA) is 126 Å². The number of sulfonamides is 1. The van der Waals surface area contributed by atoms with Crippen molar-refractivity contribution >= 4 is 21.7 Å². The zero-order valence-corrected chi connectivity index (χ0v) is 16.6. The average molecular weight is 423 g/mol. The van der Waals surface area contributed by atoms with E-state index in [2.05, 4.69) is 20.3 Å². The lowest BCUT2D eigenvalue weighted by atomic mass is 10.2. The van der Waals surface area contributed by atoms with Crippen molar-refractivity contribution in [2.75, 3.05) is 19.3 Å². The third-order valence-corrected chi connectivity index (χ3v) is 4.45. The summed E-state index contributed by atoms with van der Waals surface area (Å²) in [5, 5.41) is 16.8. The minimum atomic E-state index is -3.29. The maximum absolute atomic E-state index is 13.0. The Morgan fingerprint density at radius 2 is 1.66 bits per heavy atom. The number of nitrogens with one attached hydrogen (secondary N) is 3. The molecule has 2 aromatic carbocycles. The summed E-state index contributed by atoms with van der Waals surface area (Å²) in [6.45, 7) is 1.11. The summed E-state index contributed by atoms with van der Waals surface area (Å²) in [5.74, 6) is 0.0854. The van der Waals surface area contributed by atoms with Gasteiger partial charge in [-0.25, -0.2) is 22.5 Å². The summed E-state index contributed by atoms with van der Waals surface area (Å²) in [6.07, 6.45) is 1.07. The van der Waals surface area contributed by atoms with Gasteiger partial charge >= 0.3 is 0 Å². The van der Waals surface area contributed by atoms with Gasteiger partial charge in [-0.05, 0) is 23.3 Å². The van der Waals surface area contributed by atoms with Crippen LogP contribution in [-0.2, 0) is 23.1 Å². The van der Waals surface area contributed by atoms with Gasteiger partial charge in [0.05, 0.1) is 17.7 Å². The maximum Gasteiger partial charge on any atom is 0.269 e. The Labute approximate surface area is 168 Å². The van der Waals surface area contributed by atoms with Crippen LogP contribution in [-0.4, -0.2) is 38.6 Å². The first-order valence-electron chi connectivity index (χ1n) is 8.67. The van der Waals surface area contributed by atoms with Gasteiger partial charge in [-0.3, -0.25) is 10.1 Å². The van der Waals surface area contributed by atoms with Gasteiger partial charge in [0.1, 0.15) is 5.82 Å². The molecular weight excluding hydrogens is 401 g/mol. The van der Waals surface area contributed by atoms with Gasteiger partial charge in [0.2, 0.25) is 10.0 Å². The van der Waals surface area contributed by atoms with Gasteiger partial charge in [0.15, 0.2) is 5.96 Å². The summed E-state index contributed by atoms with van der Waals surface area (Å²) in [6, 6.07) is 12.0. The lowest BCUT2D eigenvalue weighted by Gasteiger charge is -2.13. The number of nitro groups is 1. The number of benzene rings is 2. The van der Waals surface area contributed by atoms with Crippen LogP contribution in [0.15, 0.2) is 53.5 Å². The fraction of sp³-hybridized carbons (Fsp3) is 0.278. The van der Waals surface area contributed by atoms with Crippen LogP contribution in [0, 0.1) is 15.9 Å². The monoisotopic (exact) mass is 423 g/mol. The van der Waals surface area contributed by atoms with Gasteiger partial charge in [0, 0.05) is 31.8 Å². The predicted octanol–water partition coefficient (Wildman–Crippen LogP) is 1.52. The third-order valence-electron chi connectivity index (χ3n) is 3.72. The SMILES string of the molecule is CS(=O)(=O)NCCNC(=NCc1ccc(F)cc1)NCc1ccc([N+](=O)[O-])cc1. The van der Waals surface area contributed by atoms with E-state index in [0.717, 1.165) is 17.4 Å². The Kier molecular flexibility index (Phi) is 8.04. The molecule has 0 atom stereocenters. The molecule has 0 heterocycles. The average Bonchev–Trinajstić information content (AvgIpc) is 2.67. The molecule has 0 amide bonds. The van der Waals surface area contributed by atoms with E-state index in [4.69, 9.17) is 0 Å². The van der Waals surface area contributed by atoms with Crippen LogP contribution in [0.2, 0.25) is 0 Å². The van der Waals surface area contributed by atoms with Crippen molar-refractivity contribution in [1.82, 2.24) is 15.4 Å². The van der Waals surface area contributed by atoms with Gasteiger partial charge in [-0.15, -0.1) is 0 Å². The third kappa shape index (κ3) is 8.66. The second kappa shape index (κ2) is 10.5. The normalized spacial score (nSPS) is 11.9. The first-order chi connectivity index (χ1) is 13.7. The summed E-state index contributed by atoms with van der Waals surface area (Å²) in [4.78, 5) is 14.7. The summed E-state index contributed by atoms with van der Waals surface area (Å²) < 4.78 is 37.7. The molecule has 0 radical (unpaired) electrons. The van der Waals surface area contributed by atoms with Gasteiger partial charge in [0.25, 0.3) is 5.69 Å². The molecule has 29 heavy (non-hydrogen) atoms. The summed E-state index contributed by atoms with van der Waals surface area (Å²) >= 11 is 0. The zero-order valence-electron chi connectivity index (χ0n) is 15.8. The second-order valence-corrected chi connectivity index (χ2v) is 7.99.